The van der Waals surface area contributed by atoms with E-state index in [1.54, 1.807) is 14.2 Å². The molecule has 0 aliphatic heterocycles. The first-order valence-electron chi connectivity index (χ1n) is 5.31. The second-order valence-corrected chi connectivity index (χ2v) is 3.90. The molecule has 1 aromatic rings. The Bertz CT molecular complexity index is 477. The van der Waals surface area contributed by atoms with Crippen LogP contribution in [0.2, 0.25) is 0 Å². The fourth-order valence-corrected chi connectivity index (χ4v) is 2.07. The topological polar surface area (TPSA) is 55.8 Å². The van der Waals surface area contributed by atoms with Crippen molar-refractivity contribution in [2.45, 2.75) is 12.3 Å². The lowest BCUT2D eigenvalue weighted by atomic mass is 9.97. The van der Waals surface area contributed by atoms with Crippen molar-refractivity contribution in [2.75, 3.05) is 14.2 Å². The minimum atomic E-state index is -0.803. The summed E-state index contributed by atoms with van der Waals surface area (Å²) in [6.07, 6.45) is 3.92. The number of benzene rings is 1. The van der Waals surface area contributed by atoms with Gasteiger partial charge >= 0.3 is 5.97 Å². The first kappa shape index (κ1) is 11.5. The van der Waals surface area contributed by atoms with Gasteiger partial charge in [0.2, 0.25) is 0 Å². The highest BCUT2D eigenvalue weighted by molar-refractivity contribution is 5.73. The van der Waals surface area contributed by atoms with E-state index in [4.69, 9.17) is 14.6 Å². The molecule has 0 spiro atoms. The molecule has 4 heteroatoms. The Morgan fingerprint density at radius 1 is 1.29 bits per heavy atom. The summed E-state index contributed by atoms with van der Waals surface area (Å²) >= 11 is 0. The highest BCUT2D eigenvalue weighted by Crippen LogP contribution is 2.39. The zero-order valence-electron chi connectivity index (χ0n) is 9.77. The molecule has 17 heavy (non-hydrogen) atoms. The number of hydrogen-bond donors (Lipinski definition) is 1. The number of fused-ring (bicyclic) bond motifs is 1. The summed E-state index contributed by atoms with van der Waals surface area (Å²) in [5.41, 5.74) is 1.97. The van der Waals surface area contributed by atoms with Crippen LogP contribution in [-0.4, -0.2) is 25.3 Å². The lowest BCUT2D eigenvalue weighted by Crippen LogP contribution is -2.03. The molecule has 2 rings (SSSR count). The third kappa shape index (κ3) is 2.11. The zero-order valence-corrected chi connectivity index (χ0v) is 9.77. The van der Waals surface area contributed by atoms with E-state index in [1.165, 1.54) is 0 Å². The number of carbonyl (C=O) groups is 1. The van der Waals surface area contributed by atoms with Gasteiger partial charge in [0.25, 0.3) is 0 Å². The van der Waals surface area contributed by atoms with Crippen LogP contribution in [0.3, 0.4) is 0 Å². The van der Waals surface area contributed by atoms with Crippen molar-refractivity contribution in [3.05, 3.63) is 29.3 Å². The van der Waals surface area contributed by atoms with Crippen molar-refractivity contribution >= 4 is 12.0 Å². The Balaban J connectivity index is 2.39. The van der Waals surface area contributed by atoms with Crippen molar-refractivity contribution in [1.29, 1.82) is 0 Å². The van der Waals surface area contributed by atoms with E-state index in [0.29, 0.717) is 11.5 Å². The van der Waals surface area contributed by atoms with Gasteiger partial charge in [0, 0.05) is 5.92 Å². The molecule has 0 heterocycles. The smallest absolute Gasteiger partial charge is 0.304 e. The Hall–Kier alpha value is -1.97. The molecule has 1 aliphatic carbocycles. The van der Waals surface area contributed by atoms with E-state index in [9.17, 15) is 4.79 Å². The number of hydrogen-bond acceptors (Lipinski definition) is 3. The van der Waals surface area contributed by atoms with Gasteiger partial charge < -0.3 is 14.6 Å². The molecule has 0 saturated carbocycles. The molecule has 0 aromatic heterocycles. The third-order valence-corrected chi connectivity index (χ3v) is 2.89. The van der Waals surface area contributed by atoms with Gasteiger partial charge in [-0.3, -0.25) is 4.79 Å². The summed E-state index contributed by atoms with van der Waals surface area (Å²) in [4.78, 5) is 10.8. The number of carboxylic acids is 1. The van der Waals surface area contributed by atoms with E-state index >= 15 is 0 Å². The summed E-state index contributed by atoms with van der Waals surface area (Å²) in [6, 6.07) is 3.72. The quantitative estimate of drug-likeness (QED) is 0.868. The Kier molecular flexibility index (Phi) is 3.04. The molecular weight excluding hydrogens is 220 g/mol. The summed E-state index contributed by atoms with van der Waals surface area (Å²) in [5, 5.41) is 8.84. The molecule has 0 bridgehead atoms. The molecule has 0 fully saturated rings. The fourth-order valence-electron chi connectivity index (χ4n) is 2.07. The first-order chi connectivity index (χ1) is 8.15. The Morgan fingerprint density at radius 3 is 2.53 bits per heavy atom. The standard InChI is InChI=1S/C13H14O4/c1-16-11-5-8-3-4-9(6-13(14)15)10(8)7-12(11)17-2/h3-5,7,9H,6H2,1-2H3,(H,14,15). The van der Waals surface area contributed by atoms with E-state index in [0.717, 1.165) is 11.1 Å². The van der Waals surface area contributed by atoms with Crippen molar-refractivity contribution < 1.29 is 19.4 Å². The molecule has 0 radical (unpaired) electrons. The zero-order chi connectivity index (χ0) is 12.4. The predicted molar refractivity (Wildman–Crippen MR) is 63.6 cm³/mol. The van der Waals surface area contributed by atoms with Gasteiger partial charge in [-0.05, 0) is 23.3 Å². The second kappa shape index (κ2) is 4.49. The minimum Gasteiger partial charge on any atom is -0.493 e. The predicted octanol–water partition coefficient (Wildman–Crippen LogP) is 2.29. The van der Waals surface area contributed by atoms with Crippen molar-refractivity contribution in [2.24, 2.45) is 0 Å². The maximum atomic E-state index is 10.8. The average molecular weight is 234 g/mol. The second-order valence-electron chi connectivity index (χ2n) is 3.90. The summed E-state index contributed by atoms with van der Waals surface area (Å²) in [6.45, 7) is 0. The van der Waals surface area contributed by atoms with Crippen LogP contribution in [0.4, 0.5) is 0 Å². The number of aliphatic carboxylic acids is 1. The van der Waals surface area contributed by atoms with Crippen molar-refractivity contribution in [3.8, 4) is 11.5 Å². The van der Waals surface area contributed by atoms with Crippen LogP contribution in [-0.2, 0) is 4.79 Å². The molecule has 0 saturated heterocycles. The molecular formula is C13H14O4. The number of methoxy groups -OCH3 is 2. The highest BCUT2D eigenvalue weighted by atomic mass is 16.5. The Labute approximate surface area is 99.5 Å². The maximum Gasteiger partial charge on any atom is 0.304 e. The lowest BCUT2D eigenvalue weighted by molar-refractivity contribution is -0.137. The lowest BCUT2D eigenvalue weighted by Gasteiger charge is -2.13. The summed E-state index contributed by atoms with van der Waals surface area (Å²) < 4.78 is 10.4. The van der Waals surface area contributed by atoms with Gasteiger partial charge in [-0.25, -0.2) is 0 Å². The Morgan fingerprint density at radius 2 is 1.94 bits per heavy atom. The molecule has 1 atom stereocenters. The normalized spacial score (nSPS) is 16.7. The van der Waals surface area contributed by atoms with Gasteiger partial charge in [-0.1, -0.05) is 12.2 Å². The molecule has 1 unspecified atom stereocenters. The van der Waals surface area contributed by atoms with Crippen LogP contribution in [0.1, 0.15) is 23.5 Å². The van der Waals surface area contributed by atoms with Gasteiger partial charge in [0.05, 0.1) is 20.6 Å². The van der Waals surface area contributed by atoms with Gasteiger partial charge in [-0.2, -0.15) is 0 Å². The largest absolute Gasteiger partial charge is 0.493 e. The third-order valence-electron chi connectivity index (χ3n) is 2.89. The first-order valence-corrected chi connectivity index (χ1v) is 5.31. The van der Waals surface area contributed by atoms with Crippen LogP contribution in [0.5, 0.6) is 11.5 Å². The van der Waals surface area contributed by atoms with Crippen LogP contribution in [0, 0.1) is 0 Å². The minimum absolute atomic E-state index is 0.0812. The SMILES string of the molecule is COc1cc2c(cc1OC)C(CC(=O)O)C=C2. The molecule has 1 aliphatic rings. The van der Waals surface area contributed by atoms with Crippen LogP contribution >= 0.6 is 0 Å². The van der Waals surface area contributed by atoms with Gasteiger partial charge in [0.15, 0.2) is 11.5 Å². The highest BCUT2D eigenvalue weighted by Gasteiger charge is 2.22. The van der Waals surface area contributed by atoms with E-state index in [-0.39, 0.29) is 12.3 Å². The van der Waals surface area contributed by atoms with Gasteiger partial charge in [-0.15, -0.1) is 0 Å². The van der Waals surface area contributed by atoms with Gasteiger partial charge in [0.1, 0.15) is 0 Å². The average Bonchev–Trinajstić information content (AvgIpc) is 2.69. The fraction of sp³-hybridized carbons (Fsp3) is 0.308. The van der Waals surface area contributed by atoms with E-state index in [1.807, 2.05) is 24.3 Å². The molecule has 4 nitrogen and oxygen atoms in total. The van der Waals surface area contributed by atoms with Crippen LogP contribution in [0.15, 0.2) is 18.2 Å². The monoisotopic (exact) mass is 234 g/mol. The van der Waals surface area contributed by atoms with Crippen molar-refractivity contribution in [3.63, 3.8) is 0 Å². The summed E-state index contributed by atoms with van der Waals surface area (Å²) in [7, 11) is 3.15. The molecule has 1 N–H and O–H groups in total. The van der Waals surface area contributed by atoms with E-state index in [2.05, 4.69) is 0 Å². The number of ether oxygens (including phenoxy) is 2. The molecule has 1 aromatic carbocycles. The van der Waals surface area contributed by atoms with E-state index < -0.39 is 5.97 Å². The van der Waals surface area contributed by atoms with Crippen LogP contribution < -0.4 is 9.47 Å². The maximum absolute atomic E-state index is 10.8. The number of rotatable bonds is 4. The number of carboxylic acid groups (broad SMARTS) is 1. The molecule has 90 valence electrons. The van der Waals surface area contributed by atoms with Crippen molar-refractivity contribution in [1.82, 2.24) is 0 Å². The van der Waals surface area contributed by atoms with Crippen LogP contribution in [0.25, 0.3) is 6.08 Å². The summed E-state index contributed by atoms with van der Waals surface area (Å²) in [5.74, 6) is 0.404. The number of allylic oxidation sites excluding steroid dienone is 1. The molecule has 0 amide bonds.